The van der Waals surface area contributed by atoms with Gasteiger partial charge in [0, 0.05) is 0 Å². The second-order valence-corrected chi connectivity index (χ2v) is 6.45. The Bertz CT molecular complexity index is 343. The molecule has 3 aliphatic rings. The molecule has 0 radical (unpaired) electrons. The Morgan fingerprint density at radius 3 is 3.00 bits per heavy atom. The van der Waals surface area contributed by atoms with E-state index in [9.17, 15) is 0 Å². The molecular weight excluding hydrogens is 208 g/mol. The first-order valence-corrected chi connectivity index (χ1v) is 7.11. The summed E-state index contributed by atoms with van der Waals surface area (Å²) in [6, 6.07) is 0. The standard InChI is InChI=1S/C16H24O/c1-10(2)7-11(3)17-16-9-12-8-15(16)14-6-4-5-13(12)14/h4,6,11-16H,1,5,7-9H2,2-3H3. The maximum Gasteiger partial charge on any atom is 0.0615 e. The van der Waals surface area contributed by atoms with Gasteiger partial charge in [0.25, 0.3) is 0 Å². The number of hydrogen-bond acceptors (Lipinski definition) is 1. The van der Waals surface area contributed by atoms with E-state index >= 15 is 0 Å². The van der Waals surface area contributed by atoms with E-state index in [0.29, 0.717) is 12.2 Å². The van der Waals surface area contributed by atoms with E-state index in [0.717, 1.165) is 30.1 Å². The molecule has 3 rings (SSSR count). The van der Waals surface area contributed by atoms with E-state index in [1.807, 2.05) is 0 Å². The van der Waals surface area contributed by atoms with E-state index in [4.69, 9.17) is 4.74 Å². The summed E-state index contributed by atoms with van der Waals surface area (Å²) in [6.45, 7) is 8.27. The van der Waals surface area contributed by atoms with Crippen LogP contribution in [0, 0.1) is 23.7 Å². The van der Waals surface area contributed by atoms with Crippen molar-refractivity contribution >= 4 is 0 Å². The maximum atomic E-state index is 6.27. The van der Waals surface area contributed by atoms with Gasteiger partial charge in [-0.15, -0.1) is 6.58 Å². The lowest BCUT2D eigenvalue weighted by Gasteiger charge is -2.33. The molecule has 17 heavy (non-hydrogen) atoms. The number of ether oxygens (including phenoxy) is 1. The van der Waals surface area contributed by atoms with Crippen LogP contribution in [0.5, 0.6) is 0 Å². The summed E-state index contributed by atoms with van der Waals surface area (Å²) >= 11 is 0. The van der Waals surface area contributed by atoms with Gasteiger partial charge in [0.05, 0.1) is 12.2 Å². The smallest absolute Gasteiger partial charge is 0.0615 e. The van der Waals surface area contributed by atoms with Gasteiger partial charge in [-0.3, -0.25) is 0 Å². The Kier molecular flexibility index (Phi) is 2.90. The molecule has 94 valence electrons. The van der Waals surface area contributed by atoms with Crippen molar-refractivity contribution in [1.82, 2.24) is 0 Å². The van der Waals surface area contributed by atoms with Crippen LogP contribution in [0.4, 0.5) is 0 Å². The second kappa shape index (κ2) is 4.28. The van der Waals surface area contributed by atoms with Crippen LogP contribution in [0.2, 0.25) is 0 Å². The van der Waals surface area contributed by atoms with Gasteiger partial charge >= 0.3 is 0 Å². The highest BCUT2D eigenvalue weighted by Crippen LogP contribution is 2.57. The molecule has 0 aliphatic heterocycles. The summed E-state index contributed by atoms with van der Waals surface area (Å²) in [5, 5.41) is 0. The molecule has 2 fully saturated rings. The molecule has 3 aliphatic carbocycles. The minimum atomic E-state index is 0.348. The van der Waals surface area contributed by atoms with Crippen LogP contribution in [-0.2, 0) is 4.74 Å². The first-order valence-electron chi connectivity index (χ1n) is 7.11. The van der Waals surface area contributed by atoms with Crippen molar-refractivity contribution in [2.24, 2.45) is 23.7 Å². The molecule has 1 heteroatoms. The quantitative estimate of drug-likeness (QED) is 0.667. The minimum absolute atomic E-state index is 0.348. The van der Waals surface area contributed by atoms with Crippen molar-refractivity contribution in [3.63, 3.8) is 0 Å². The number of fused-ring (bicyclic) bond motifs is 5. The average Bonchev–Trinajstić information content (AvgIpc) is 2.83. The van der Waals surface area contributed by atoms with Crippen LogP contribution in [0.1, 0.15) is 39.5 Å². The zero-order valence-corrected chi connectivity index (χ0v) is 11.1. The van der Waals surface area contributed by atoms with E-state index in [-0.39, 0.29) is 0 Å². The second-order valence-electron chi connectivity index (χ2n) is 6.45. The number of rotatable bonds is 4. The Balaban J connectivity index is 1.60. The molecule has 6 unspecified atom stereocenters. The fraction of sp³-hybridized carbons (Fsp3) is 0.750. The van der Waals surface area contributed by atoms with Crippen molar-refractivity contribution in [2.75, 3.05) is 0 Å². The molecule has 0 N–H and O–H groups in total. The van der Waals surface area contributed by atoms with Crippen molar-refractivity contribution in [3.8, 4) is 0 Å². The van der Waals surface area contributed by atoms with Crippen LogP contribution in [0.15, 0.2) is 24.3 Å². The molecule has 0 aromatic carbocycles. The molecule has 1 nitrogen and oxygen atoms in total. The summed E-state index contributed by atoms with van der Waals surface area (Å²) in [5.74, 6) is 3.57. The van der Waals surface area contributed by atoms with Crippen molar-refractivity contribution in [3.05, 3.63) is 24.3 Å². The highest BCUT2D eigenvalue weighted by Gasteiger charge is 2.53. The van der Waals surface area contributed by atoms with Crippen molar-refractivity contribution in [1.29, 1.82) is 0 Å². The van der Waals surface area contributed by atoms with Gasteiger partial charge in [-0.1, -0.05) is 17.7 Å². The molecule has 0 aromatic heterocycles. The third kappa shape index (κ3) is 1.99. The zero-order valence-electron chi connectivity index (χ0n) is 11.1. The lowest BCUT2D eigenvalue weighted by Crippen LogP contribution is -2.32. The average molecular weight is 232 g/mol. The molecule has 0 spiro atoms. The van der Waals surface area contributed by atoms with Gasteiger partial charge in [-0.25, -0.2) is 0 Å². The number of hydrogen-bond donors (Lipinski definition) is 0. The predicted octanol–water partition coefficient (Wildman–Crippen LogP) is 3.96. The van der Waals surface area contributed by atoms with Crippen LogP contribution in [0.3, 0.4) is 0 Å². The summed E-state index contributed by atoms with van der Waals surface area (Å²) in [5.41, 5.74) is 1.24. The van der Waals surface area contributed by atoms with Crippen LogP contribution in [-0.4, -0.2) is 12.2 Å². The molecule has 0 amide bonds. The van der Waals surface area contributed by atoms with E-state index in [1.54, 1.807) is 0 Å². The van der Waals surface area contributed by atoms with Crippen molar-refractivity contribution < 1.29 is 4.74 Å². The van der Waals surface area contributed by atoms with E-state index in [1.165, 1.54) is 24.8 Å². The normalized spacial score (nSPS) is 44.0. The Hall–Kier alpha value is -0.560. The highest BCUT2D eigenvalue weighted by molar-refractivity contribution is 5.14. The first-order chi connectivity index (χ1) is 8.15. The van der Waals surface area contributed by atoms with Gasteiger partial charge in [0.15, 0.2) is 0 Å². The fourth-order valence-electron chi connectivity index (χ4n) is 4.48. The first kappa shape index (κ1) is 11.5. The van der Waals surface area contributed by atoms with Crippen LogP contribution in [0.25, 0.3) is 0 Å². The summed E-state index contributed by atoms with van der Waals surface area (Å²) in [7, 11) is 0. The minimum Gasteiger partial charge on any atom is -0.375 e. The lowest BCUT2D eigenvalue weighted by molar-refractivity contribution is -0.0454. The van der Waals surface area contributed by atoms with E-state index < -0.39 is 0 Å². The third-order valence-corrected chi connectivity index (χ3v) is 4.99. The predicted molar refractivity (Wildman–Crippen MR) is 70.7 cm³/mol. The molecule has 2 bridgehead atoms. The molecule has 6 atom stereocenters. The Labute approximate surface area is 105 Å². The van der Waals surface area contributed by atoms with Gasteiger partial charge in [-0.05, 0) is 63.2 Å². The van der Waals surface area contributed by atoms with Crippen LogP contribution < -0.4 is 0 Å². The lowest BCUT2D eigenvalue weighted by atomic mass is 9.80. The third-order valence-electron chi connectivity index (χ3n) is 4.99. The molecule has 0 saturated heterocycles. The summed E-state index contributed by atoms with van der Waals surface area (Å²) < 4.78 is 6.27. The molecular formula is C16H24O. The molecule has 2 saturated carbocycles. The molecule has 0 heterocycles. The fourth-order valence-corrected chi connectivity index (χ4v) is 4.48. The highest BCUT2D eigenvalue weighted by atomic mass is 16.5. The van der Waals surface area contributed by atoms with E-state index in [2.05, 4.69) is 32.6 Å². The van der Waals surface area contributed by atoms with Gasteiger partial charge < -0.3 is 4.74 Å². The molecule has 0 aromatic rings. The van der Waals surface area contributed by atoms with Gasteiger partial charge in [0.2, 0.25) is 0 Å². The number of allylic oxidation sites excluding steroid dienone is 2. The topological polar surface area (TPSA) is 9.23 Å². The van der Waals surface area contributed by atoms with Crippen LogP contribution >= 0.6 is 0 Å². The Morgan fingerprint density at radius 1 is 1.41 bits per heavy atom. The van der Waals surface area contributed by atoms with Crippen molar-refractivity contribution in [2.45, 2.75) is 51.7 Å². The largest absolute Gasteiger partial charge is 0.375 e. The van der Waals surface area contributed by atoms with Gasteiger partial charge in [0.1, 0.15) is 0 Å². The monoisotopic (exact) mass is 232 g/mol. The SMILES string of the molecule is C=C(C)CC(C)OC1CC2CC1C1C=CCC21. The summed E-state index contributed by atoms with van der Waals surface area (Å²) in [4.78, 5) is 0. The van der Waals surface area contributed by atoms with Gasteiger partial charge in [-0.2, -0.15) is 0 Å². The zero-order chi connectivity index (χ0) is 12.0. The maximum absolute atomic E-state index is 6.27. The summed E-state index contributed by atoms with van der Waals surface area (Å²) in [6.07, 6.45) is 10.8. The Morgan fingerprint density at radius 2 is 2.24 bits per heavy atom.